The second-order valence-corrected chi connectivity index (χ2v) is 9.40. The van der Waals surface area contributed by atoms with Crippen LogP contribution < -0.4 is 9.47 Å². The Hall–Kier alpha value is -3.53. The van der Waals surface area contributed by atoms with Crippen LogP contribution in [0.3, 0.4) is 0 Å². The van der Waals surface area contributed by atoms with Gasteiger partial charge in [0.1, 0.15) is 6.61 Å². The molecule has 0 spiro atoms. The molecule has 0 atom stereocenters. The lowest BCUT2D eigenvalue weighted by atomic mass is 10.1. The number of hydrogen-bond donors (Lipinski definition) is 0. The minimum Gasteiger partial charge on any atom is -0.493 e. The molecule has 0 radical (unpaired) electrons. The number of ether oxygens (including phenoxy) is 2. The molecule has 0 unspecified atom stereocenters. The molecule has 1 aliphatic rings. The fraction of sp³-hybridized carbons (Fsp3) is 0.120. The van der Waals surface area contributed by atoms with E-state index in [1.165, 1.54) is 19.2 Å². The van der Waals surface area contributed by atoms with Crippen LogP contribution >= 0.6 is 35.0 Å². The Kier molecular flexibility index (Phi) is 7.83. The largest absolute Gasteiger partial charge is 0.493 e. The van der Waals surface area contributed by atoms with Gasteiger partial charge in [-0.25, -0.2) is 0 Å². The van der Waals surface area contributed by atoms with Crippen LogP contribution in [0.15, 0.2) is 65.6 Å². The highest BCUT2D eigenvalue weighted by Crippen LogP contribution is 2.37. The van der Waals surface area contributed by atoms with Gasteiger partial charge in [0, 0.05) is 27.7 Å². The van der Waals surface area contributed by atoms with Crippen LogP contribution in [0.1, 0.15) is 16.7 Å². The molecule has 1 saturated heterocycles. The smallest absolute Gasteiger partial charge is 0.293 e. The van der Waals surface area contributed by atoms with Crippen molar-refractivity contribution in [2.24, 2.45) is 0 Å². The molecule has 36 heavy (non-hydrogen) atoms. The second kappa shape index (κ2) is 11.0. The third kappa shape index (κ3) is 5.64. The van der Waals surface area contributed by atoms with Gasteiger partial charge in [-0.05, 0) is 65.4 Å². The lowest BCUT2D eigenvalue weighted by Crippen LogP contribution is -2.27. The Morgan fingerprint density at radius 1 is 1.03 bits per heavy atom. The van der Waals surface area contributed by atoms with E-state index in [1.807, 2.05) is 0 Å². The summed E-state index contributed by atoms with van der Waals surface area (Å²) in [5.74, 6) is 0.431. The molecular weight excluding hydrogens is 527 g/mol. The number of carbonyl (C=O) groups excluding carboxylic acids is 2. The summed E-state index contributed by atoms with van der Waals surface area (Å²) in [6.45, 7) is 0.149. The summed E-state index contributed by atoms with van der Waals surface area (Å²) < 4.78 is 11.2. The van der Waals surface area contributed by atoms with Gasteiger partial charge >= 0.3 is 0 Å². The zero-order valence-electron chi connectivity index (χ0n) is 18.8. The van der Waals surface area contributed by atoms with E-state index in [0.29, 0.717) is 32.7 Å². The van der Waals surface area contributed by atoms with E-state index in [2.05, 4.69) is 0 Å². The van der Waals surface area contributed by atoms with E-state index in [0.717, 1.165) is 22.2 Å². The van der Waals surface area contributed by atoms with Gasteiger partial charge < -0.3 is 9.47 Å². The normalized spacial score (nSPS) is 14.4. The molecular formula is C25H18Cl2N2O6S. The summed E-state index contributed by atoms with van der Waals surface area (Å²) in [4.78, 5) is 37.1. The van der Waals surface area contributed by atoms with E-state index in [9.17, 15) is 19.7 Å². The second-order valence-electron chi connectivity index (χ2n) is 7.59. The fourth-order valence-corrected chi connectivity index (χ4v) is 4.75. The molecule has 8 nitrogen and oxygen atoms in total. The first kappa shape index (κ1) is 25.6. The van der Waals surface area contributed by atoms with Crippen molar-refractivity contribution in [2.45, 2.75) is 13.2 Å². The molecule has 0 N–H and O–H groups in total. The number of nitro benzene ring substituents is 1. The monoisotopic (exact) mass is 544 g/mol. The number of thioether (sulfide) groups is 1. The number of rotatable bonds is 8. The average molecular weight is 545 g/mol. The number of halogens is 2. The summed E-state index contributed by atoms with van der Waals surface area (Å²) in [6.07, 6.45) is 1.60. The molecule has 3 aromatic carbocycles. The van der Waals surface area contributed by atoms with Crippen molar-refractivity contribution >= 4 is 57.9 Å². The first-order valence-electron chi connectivity index (χ1n) is 10.5. The topological polar surface area (TPSA) is 99.0 Å². The molecule has 3 aromatic rings. The van der Waals surface area contributed by atoms with Crippen LogP contribution in [-0.2, 0) is 17.9 Å². The van der Waals surface area contributed by atoms with Gasteiger partial charge in [-0.15, -0.1) is 0 Å². The lowest BCUT2D eigenvalue weighted by Gasteiger charge is -2.14. The molecule has 0 aliphatic carbocycles. The molecule has 184 valence electrons. The van der Waals surface area contributed by atoms with Crippen LogP contribution in [0, 0.1) is 10.1 Å². The highest BCUT2D eigenvalue weighted by molar-refractivity contribution is 8.18. The molecule has 1 aliphatic heterocycles. The fourth-order valence-electron chi connectivity index (χ4n) is 3.40. The zero-order chi connectivity index (χ0) is 25.8. The van der Waals surface area contributed by atoms with Gasteiger partial charge in [0.15, 0.2) is 11.5 Å². The van der Waals surface area contributed by atoms with E-state index >= 15 is 0 Å². The summed E-state index contributed by atoms with van der Waals surface area (Å²) >= 11 is 13.2. The predicted molar refractivity (Wildman–Crippen MR) is 138 cm³/mol. The number of hydrogen-bond acceptors (Lipinski definition) is 7. The number of nitrogens with zero attached hydrogens (tertiary/aromatic N) is 2. The number of carbonyl (C=O) groups is 2. The number of benzene rings is 3. The van der Waals surface area contributed by atoms with Crippen molar-refractivity contribution in [1.82, 2.24) is 4.90 Å². The van der Waals surface area contributed by atoms with Gasteiger partial charge in [-0.2, -0.15) is 0 Å². The number of non-ortho nitro benzene ring substituents is 1. The minimum atomic E-state index is -0.465. The maximum atomic E-state index is 12.9. The van der Waals surface area contributed by atoms with Crippen LogP contribution in [0.4, 0.5) is 10.5 Å². The maximum absolute atomic E-state index is 12.9. The summed E-state index contributed by atoms with van der Waals surface area (Å²) in [5.41, 5.74) is 1.88. The van der Waals surface area contributed by atoms with Gasteiger partial charge in [0.25, 0.3) is 16.8 Å². The Morgan fingerprint density at radius 2 is 1.72 bits per heavy atom. The summed E-state index contributed by atoms with van der Waals surface area (Å²) in [5, 5.41) is 11.1. The first-order chi connectivity index (χ1) is 17.3. The van der Waals surface area contributed by atoms with Gasteiger partial charge in [0.05, 0.1) is 23.5 Å². The molecule has 1 fully saturated rings. The SMILES string of the molecule is COc1cc(/C=C2/SC(=O)N(Cc3c(Cl)cccc3Cl)C2=O)ccc1OCc1ccc([N+](=O)[O-])cc1. The van der Waals surface area contributed by atoms with Gasteiger partial charge in [-0.1, -0.05) is 35.3 Å². The average Bonchev–Trinajstić information content (AvgIpc) is 3.12. The maximum Gasteiger partial charge on any atom is 0.293 e. The Morgan fingerprint density at radius 3 is 2.36 bits per heavy atom. The lowest BCUT2D eigenvalue weighted by molar-refractivity contribution is -0.384. The molecule has 2 amide bonds. The first-order valence-corrected chi connectivity index (χ1v) is 12.1. The zero-order valence-corrected chi connectivity index (χ0v) is 21.1. The van der Waals surface area contributed by atoms with Crippen molar-refractivity contribution in [1.29, 1.82) is 0 Å². The van der Waals surface area contributed by atoms with E-state index in [1.54, 1.807) is 54.6 Å². The molecule has 4 rings (SSSR count). The van der Waals surface area contributed by atoms with Crippen LogP contribution in [0.5, 0.6) is 11.5 Å². The van der Waals surface area contributed by atoms with E-state index in [-0.39, 0.29) is 23.7 Å². The van der Waals surface area contributed by atoms with Crippen molar-refractivity contribution in [3.05, 3.63) is 102 Å². The Labute approximate surface area is 220 Å². The number of imide groups is 1. The Bertz CT molecular complexity index is 1360. The van der Waals surface area contributed by atoms with Crippen LogP contribution in [0.2, 0.25) is 10.0 Å². The molecule has 0 saturated carbocycles. The quantitative estimate of drug-likeness (QED) is 0.176. The number of methoxy groups -OCH3 is 1. The van der Waals surface area contributed by atoms with E-state index in [4.69, 9.17) is 32.7 Å². The number of amides is 2. The highest BCUT2D eigenvalue weighted by Gasteiger charge is 2.35. The number of nitro groups is 1. The predicted octanol–water partition coefficient (Wildman–Crippen LogP) is 6.73. The van der Waals surface area contributed by atoms with Gasteiger partial charge in [-0.3, -0.25) is 24.6 Å². The van der Waals surface area contributed by atoms with Gasteiger partial charge in [0.2, 0.25) is 0 Å². The van der Waals surface area contributed by atoms with Crippen molar-refractivity contribution in [3.63, 3.8) is 0 Å². The molecule has 1 heterocycles. The van der Waals surface area contributed by atoms with Crippen molar-refractivity contribution in [2.75, 3.05) is 7.11 Å². The standard InChI is InChI=1S/C25H18Cl2N2O6S/c1-34-22-11-16(7-10-21(22)35-14-15-5-8-17(9-6-15)29(32)33)12-23-24(30)28(25(31)36-23)13-18-19(26)3-2-4-20(18)27/h2-12H,13-14H2,1H3/b23-12+. The van der Waals surface area contributed by atoms with Crippen LogP contribution in [-0.4, -0.2) is 28.1 Å². The summed E-state index contributed by atoms with van der Waals surface area (Å²) in [6, 6.07) is 16.1. The van der Waals surface area contributed by atoms with Crippen LogP contribution in [0.25, 0.3) is 6.08 Å². The van der Waals surface area contributed by atoms with Crippen molar-refractivity contribution in [3.8, 4) is 11.5 Å². The summed E-state index contributed by atoms with van der Waals surface area (Å²) in [7, 11) is 1.49. The Balaban J connectivity index is 1.48. The van der Waals surface area contributed by atoms with E-state index < -0.39 is 16.1 Å². The molecule has 0 bridgehead atoms. The highest BCUT2D eigenvalue weighted by atomic mass is 35.5. The third-order valence-corrected chi connectivity index (χ3v) is 6.89. The third-order valence-electron chi connectivity index (χ3n) is 5.28. The minimum absolute atomic E-state index is 0.0000566. The molecule has 11 heteroatoms. The van der Waals surface area contributed by atoms with Crippen molar-refractivity contribution < 1.29 is 24.0 Å². The molecule has 0 aromatic heterocycles.